The van der Waals surface area contributed by atoms with Crippen molar-refractivity contribution in [2.24, 2.45) is 29.1 Å². The van der Waals surface area contributed by atoms with Gasteiger partial charge in [0, 0.05) is 25.6 Å². The van der Waals surface area contributed by atoms with Gasteiger partial charge < -0.3 is 0 Å². The Morgan fingerprint density at radius 1 is 0.636 bits per heavy atom. The number of rotatable bonds is 3. The van der Waals surface area contributed by atoms with E-state index in [4.69, 9.17) is 0 Å². The second-order valence-corrected chi connectivity index (χ2v) is 14.4. The number of hydrogen-bond donors (Lipinski definition) is 0. The standard InChI is InChI=1S/C43H36S/c1-43(33-13-3-2-4-14-33)38-17-9-7-15-34(38)42(35-16-8-10-18-39(35)43)32-22-24-41-37(27-32)36-26-31(21-23-40(36)44-41)30-20-19-28-11-5-6-12-29(28)25-30/h3,5-27,34-35,38-39,42H,2,4H2,1H3. The maximum absolute atomic E-state index is 2.55. The number of thiophene rings is 1. The molecule has 1 aromatic heterocycles. The normalized spacial score (nSPS) is 28.8. The molecule has 4 atom stereocenters. The van der Waals surface area contributed by atoms with Gasteiger partial charge in [0.05, 0.1) is 0 Å². The summed E-state index contributed by atoms with van der Waals surface area (Å²) in [5.41, 5.74) is 5.65. The summed E-state index contributed by atoms with van der Waals surface area (Å²) < 4.78 is 2.74. The molecule has 4 aromatic carbocycles. The predicted molar refractivity (Wildman–Crippen MR) is 190 cm³/mol. The second kappa shape index (κ2) is 10.2. The van der Waals surface area contributed by atoms with Crippen LogP contribution >= 0.6 is 11.3 Å². The molecule has 44 heavy (non-hydrogen) atoms. The molecule has 1 fully saturated rings. The average molecular weight is 585 g/mol. The lowest BCUT2D eigenvalue weighted by atomic mass is 9.46. The maximum Gasteiger partial charge on any atom is 0.0355 e. The van der Waals surface area contributed by atoms with Crippen LogP contribution in [0.15, 0.2) is 151 Å². The number of fused-ring (bicyclic) bond motifs is 6. The van der Waals surface area contributed by atoms with Gasteiger partial charge in [0.1, 0.15) is 0 Å². The van der Waals surface area contributed by atoms with Gasteiger partial charge >= 0.3 is 0 Å². The van der Waals surface area contributed by atoms with Crippen LogP contribution < -0.4 is 0 Å². The smallest absolute Gasteiger partial charge is 0.0355 e. The molecule has 4 unspecified atom stereocenters. The summed E-state index contributed by atoms with van der Waals surface area (Å²) in [5.74, 6) is 2.25. The molecule has 5 aromatic rings. The maximum atomic E-state index is 2.55. The van der Waals surface area contributed by atoms with Crippen molar-refractivity contribution < 1.29 is 0 Å². The fourth-order valence-corrected chi connectivity index (χ4v) is 10.1. The molecule has 0 aliphatic heterocycles. The fourth-order valence-electron chi connectivity index (χ4n) is 9.01. The van der Waals surface area contributed by atoms with Crippen molar-refractivity contribution in [3.8, 4) is 11.1 Å². The Bertz CT molecular complexity index is 2090. The van der Waals surface area contributed by atoms with E-state index in [1.165, 1.54) is 53.2 Å². The highest BCUT2D eigenvalue weighted by Gasteiger charge is 2.55. The van der Waals surface area contributed by atoms with E-state index in [9.17, 15) is 0 Å². The molecule has 9 rings (SSSR count). The zero-order valence-corrected chi connectivity index (χ0v) is 25.9. The summed E-state index contributed by atoms with van der Waals surface area (Å²) in [6, 6.07) is 30.0. The van der Waals surface area contributed by atoms with E-state index in [0.717, 1.165) is 12.8 Å². The van der Waals surface area contributed by atoms with E-state index in [1.807, 2.05) is 11.3 Å². The Balaban J connectivity index is 1.17. The van der Waals surface area contributed by atoms with Crippen molar-refractivity contribution in [3.05, 3.63) is 157 Å². The van der Waals surface area contributed by atoms with E-state index >= 15 is 0 Å². The van der Waals surface area contributed by atoms with Crippen LogP contribution in [0.2, 0.25) is 0 Å². The summed E-state index contributed by atoms with van der Waals surface area (Å²) in [6.07, 6.45) is 29.0. The first-order valence-corrected chi connectivity index (χ1v) is 17.0. The third-order valence-corrected chi connectivity index (χ3v) is 12.3. The predicted octanol–water partition coefficient (Wildman–Crippen LogP) is 12.0. The van der Waals surface area contributed by atoms with E-state index in [2.05, 4.69) is 153 Å². The lowest BCUT2D eigenvalue weighted by Gasteiger charge is -2.57. The zero-order chi connectivity index (χ0) is 29.3. The molecular weight excluding hydrogens is 549 g/mol. The number of benzene rings is 4. The summed E-state index contributed by atoms with van der Waals surface area (Å²) in [4.78, 5) is 0. The van der Waals surface area contributed by atoms with Crippen LogP contribution in [-0.2, 0) is 0 Å². The van der Waals surface area contributed by atoms with Crippen LogP contribution in [0.1, 0.15) is 31.2 Å². The van der Waals surface area contributed by atoms with Crippen molar-refractivity contribution in [1.82, 2.24) is 0 Å². The van der Waals surface area contributed by atoms with Crippen LogP contribution in [0.5, 0.6) is 0 Å². The van der Waals surface area contributed by atoms with Crippen LogP contribution in [0.3, 0.4) is 0 Å². The van der Waals surface area contributed by atoms with E-state index < -0.39 is 0 Å². The molecule has 0 bridgehead atoms. The van der Waals surface area contributed by atoms with Crippen molar-refractivity contribution in [2.75, 3.05) is 0 Å². The first kappa shape index (κ1) is 26.2. The Labute approximate surface area is 264 Å². The van der Waals surface area contributed by atoms with E-state index in [0.29, 0.717) is 29.6 Å². The molecule has 1 heteroatoms. The van der Waals surface area contributed by atoms with Gasteiger partial charge in [-0.15, -0.1) is 11.3 Å². The molecule has 0 saturated heterocycles. The lowest BCUT2D eigenvalue weighted by Crippen LogP contribution is -2.51. The third kappa shape index (κ3) is 3.95. The first-order chi connectivity index (χ1) is 21.7. The minimum Gasteiger partial charge on any atom is -0.135 e. The van der Waals surface area contributed by atoms with Gasteiger partial charge in [-0.3, -0.25) is 0 Å². The molecule has 0 amide bonds. The quantitative estimate of drug-likeness (QED) is 0.198. The summed E-state index contributed by atoms with van der Waals surface area (Å²) >= 11 is 1.92. The molecule has 4 aliphatic rings. The SMILES string of the molecule is CC1(C2=CCCC=C2)C2C=CC=CC2C(c2ccc3sc4ccc(-c5ccc6ccccc6c5)cc4c3c2)C2C=CC=CC21. The largest absolute Gasteiger partial charge is 0.135 e. The molecule has 4 aliphatic carbocycles. The average Bonchev–Trinajstić information content (AvgIpc) is 3.46. The monoisotopic (exact) mass is 584 g/mol. The molecule has 1 saturated carbocycles. The van der Waals surface area contributed by atoms with E-state index in [1.54, 1.807) is 0 Å². The highest BCUT2D eigenvalue weighted by Crippen LogP contribution is 2.63. The van der Waals surface area contributed by atoms with Crippen LogP contribution in [0.25, 0.3) is 42.1 Å². The van der Waals surface area contributed by atoms with Crippen molar-refractivity contribution >= 4 is 42.3 Å². The Morgan fingerprint density at radius 3 is 2.05 bits per heavy atom. The lowest BCUT2D eigenvalue weighted by molar-refractivity contribution is 0.0518. The molecule has 0 nitrogen and oxygen atoms in total. The van der Waals surface area contributed by atoms with Gasteiger partial charge in [-0.05, 0) is 106 Å². The van der Waals surface area contributed by atoms with Gasteiger partial charge in [0.2, 0.25) is 0 Å². The molecule has 0 radical (unpaired) electrons. The van der Waals surface area contributed by atoms with Gasteiger partial charge in [0.15, 0.2) is 0 Å². The van der Waals surface area contributed by atoms with Gasteiger partial charge in [-0.25, -0.2) is 0 Å². The van der Waals surface area contributed by atoms with Gasteiger partial charge in [-0.1, -0.05) is 122 Å². The topological polar surface area (TPSA) is 0 Å². The molecular formula is C43H36S. The highest BCUT2D eigenvalue weighted by atomic mass is 32.1. The molecule has 0 spiro atoms. The third-order valence-electron chi connectivity index (χ3n) is 11.1. The van der Waals surface area contributed by atoms with Crippen LogP contribution in [0, 0.1) is 29.1 Å². The van der Waals surface area contributed by atoms with Gasteiger partial charge in [-0.2, -0.15) is 0 Å². The summed E-state index contributed by atoms with van der Waals surface area (Å²) in [5, 5.41) is 5.36. The Kier molecular flexibility index (Phi) is 6.07. The van der Waals surface area contributed by atoms with Crippen LogP contribution in [-0.4, -0.2) is 0 Å². The van der Waals surface area contributed by atoms with E-state index in [-0.39, 0.29) is 5.41 Å². The molecule has 1 heterocycles. The molecule has 0 N–H and O–H groups in total. The number of hydrogen-bond acceptors (Lipinski definition) is 1. The zero-order valence-electron chi connectivity index (χ0n) is 25.1. The summed E-state index contributed by atoms with van der Waals surface area (Å²) in [7, 11) is 0. The Morgan fingerprint density at radius 2 is 1.30 bits per heavy atom. The minimum atomic E-state index is 0.0687. The number of allylic oxidation sites excluding steroid dienone is 12. The molecule has 214 valence electrons. The van der Waals surface area contributed by atoms with Crippen molar-refractivity contribution in [3.63, 3.8) is 0 Å². The van der Waals surface area contributed by atoms with Crippen molar-refractivity contribution in [1.29, 1.82) is 0 Å². The van der Waals surface area contributed by atoms with Crippen molar-refractivity contribution in [2.45, 2.75) is 25.7 Å². The van der Waals surface area contributed by atoms with Gasteiger partial charge in [0.25, 0.3) is 0 Å². The minimum absolute atomic E-state index is 0.0687. The first-order valence-electron chi connectivity index (χ1n) is 16.2. The Hall–Kier alpha value is -4.20. The second-order valence-electron chi connectivity index (χ2n) is 13.3. The highest BCUT2D eigenvalue weighted by molar-refractivity contribution is 7.25. The summed E-state index contributed by atoms with van der Waals surface area (Å²) in [6.45, 7) is 2.55. The fraction of sp³-hybridized carbons (Fsp3) is 0.209. The van der Waals surface area contributed by atoms with Crippen LogP contribution in [0.4, 0.5) is 0 Å².